The number of carbonyl (C=O) groups excluding carboxylic acids is 2. The molecule has 0 heterocycles. The predicted molar refractivity (Wildman–Crippen MR) is 163 cm³/mol. The van der Waals surface area contributed by atoms with Crippen LogP contribution in [-0.4, -0.2) is 36.4 Å². The molecule has 1 unspecified atom stereocenters. The third-order valence-corrected chi connectivity index (χ3v) is 5.53. The predicted octanol–water partition coefficient (Wildman–Crippen LogP) is 8.44. The lowest BCUT2D eigenvalue weighted by Crippen LogP contribution is -2.28. The molecule has 39 heavy (non-hydrogen) atoms. The molecule has 0 amide bonds. The van der Waals surface area contributed by atoms with Gasteiger partial charge in [0.2, 0.25) is 0 Å². The van der Waals surface area contributed by atoms with Gasteiger partial charge in [0.05, 0.1) is 6.61 Å². The molecule has 0 fully saturated rings. The van der Waals surface area contributed by atoms with Gasteiger partial charge in [-0.15, -0.1) is 0 Å². The van der Waals surface area contributed by atoms with Crippen LogP contribution in [0, 0.1) is 0 Å². The molecule has 0 aliphatic carbocycles. The van der Waals surface area contributed by atoms with Gasteiger partial charge in [-0.1, -0.05) is 105 Å². The average Bonchev–Trinajstić information content (AvgIpc) is 2.94. The van der Waals surface area contributed by atoms with E-state index in [1.807, 2.05) is 36.5 Å². The van der Waals surface area contributed by atoms with Crippen LogP contribution >= 0.6 is 0 Å². The van der Waals surface area contributed by atoms with Crippen molar-refractivity contribution in [3.8, 4) is 0 Å². The summed E-state index contributed by atoms with van der Waals surface area (Å²) in [6, 6.07) is 0. The average molecular weight is 541 g/mol. The van der Waals surface area contributed by atoms with Crippen LogP contribution in [-0.2, 0) is 19.1 Å². The first-order valence-corrected chi connectivity index (χ1v) is 14.7. The van der Waals surface area contributed by atoms with Crippen molar-refractivity contribution < 1.29 is 24.2 Å². The second-order valence-corrected chi connectivity index (χ2v) is 9.15. The van der Waals surface area contributed by atoms with Crippen LogP contribution in [0.25, 0.3) is 0 Å². The second kappa shape index (κ2) is 29.6. The molecule has 0 aromatic heterocycles. The van der Waals surface area contributed by atoms with Crippen LogP contribution in [0.2, 0.25) is 0 Å². The molecule has 0 bridgehead atoms. The quantitative estimate of drug-likeness (QED) is 0.0575. The summed E-state index contributed by atoms with van der Waals surface area (Å²) in [5, 5.41) is 9.45. The number of aliphatic hydroxyl groups is 1. The fourth-order valence-electron chi connectivity index (χ4n) is 3.34. The second-order valence-electron chi connectivity index (χ2n) is 9.15. The lowest BCUT2D eigenvalue weighted by molar-refractivity contribution is -0.161. The Kier molecular flexibility index (Phi) is 27.4. The normalized spacial score (nSPS) is 13.4. The van der Waals surface area contributed by atoms with E-state index in [0.717, 1.165) is 70.6 Å². The fraction of sp³-hybridized carbons (Fsp3) is 0.529. The Bertz CT molecular complexity index is 798. The third kappa shape index (κ3) is 27.9. The molecule has 0 rings (SSSR count). The maximum absolute atomic E-state index is 12.0. The number of hydrogen-bond donors (Lipinski definition) is 1. The molecule has 0 aliphatic heterocycles. The first-order chi connectivity index (χ1) is 19.1. The molecule has 1 atom stereocenters. The van der Waals surface area contributed by atoms with Gasteiger partial charge < -0.3 is 14.6 Å². The van der Waals surface area contributed by atoms with E-state index in [1.54, 1.807) is 0 Å². The van der Waals surface area contributed by atoms with E-state index in [2.05, 4.69) is 62.5 Å². The fourth-order valence-corrected chi connectivity index (χ4v) is 3.34. The highest BCUT2D eigenvalue weighted by Crippen LogP contribution is 2.07. The van der Waals surface area contributed by atoms with Crippen molar-refractivity contribution in [3.63, 3.8) is 0 Å². The van der Waals surface area contributed by atoms with E-state index in [0.29, 0.717) is 12.8 Å². The number of hydrogen-bond acceptors (Lipinski definition) is 5. The highest BCUT2D eigenvalue weighted by molar-refractivity contribution is 5.70. The molecule has 0 spiro atoms. The van der Waals surface area contributed by atoms with Crippen molar-refractivity contribution in [2.24, 2.45) is 0 Å². The highest BCUT2D eigenvalue weighted by Gasteiger charge is 2.15. The largest absolute Gasteiger partial charge is 0.462 e. The summed E-state index contributed by atoms with van der Waals surface area (Å²) < 4.78 is 10.4. The van der Waals surface area contributed by atoms with E-state index in [9.17, 15) is 14.7 Å². The smallest absolute Gasteiger partial charge is 0.306 e. The summed E-state index contributed by atoms with van der Waals surface area (Å²) >= 11 is 0. The van der Waals surface area contributed by atoms with Gasteiger partial charge in [-0.05, 0) is 64.2 Å². The maximum Gasteiger partial charge on any atom is 0.306 e. The molecule has 218 valence electrons. The van der Waals surface area contributed by atoms with Crippen LogP contribution in [0.15, 0.2) is 85.1 Å². The summed E-state index contributed by atoms with van der Waals surface area (Å²) in [5.41, 5.74) is 0. The Hall–Kier alpha value is -2.92. The van der Waals surface area contributed by atoms with Crippen molar-refractivity contribution >= 4 is 11.9 Å². The molecular weight excluding hydrogens is 488 g/mol. The van der Waals surface area contributed by atoms with Gasteiger partial charge in [0.1, 0.15) is 6.61 Å². The van der Waals surface area contributed by atoms with Crippen LogP contribution in [0.3, 0.4) is 0 Å². The standard InChI is InChI=1S/C34H52O5/c1-3-5-7-9-11-13-15-17-19-20-22-24-26-28-33(36)38-31-32(30-35)39-34(37)29-27-25-23-21-18-16-14-12-10-8-6-4-2/h5-9,11-15,17-19,21,32,35H,3-4,10,16,20,22-31H2,1-2H3/b7-5+,8-6+,11-9+,14-12+,15-13+,19-17+,21-18+. The third-order valence-electron chi connectivity index (χ3n) is 5.53. The Morgan fingerprint density at radius 3 is 1.85 bits per heavy atom. The first-order valence-electron chi connectivity index (χ1n) is 14.7. The number of carbonyl (C=O) groups is 2. The summed E-state index contributed by atoms with van der Waals surface area (Å²) in [6.45, 7) is 3.76. The summed E-state index contributed by atoms with van der Waals surface area (Å²) in [6.07, 6.45) is 39.2. The van der Waals surface area contributed by atoms with E-state index >= 15 is 0 Å². The topological polar surface area (TPSA) is 72.8 Å². The first kappa shape index (κ1) is 36.1. The number of allylic oxidation sites excluding steroid dienone is 14. The van der Waals surface area contributed by atoms with Crippen molar-refractivity contribution in [1.29, 1.82) is 0 Å². The molecule has 0 saturated heterocycles. The number of rotatable bonds is 24. The zero-order valence-electron chi connectivity index (χ0n) is 24.3. The molecule has 0 radical (unpaired) electrons. The lowest BCUT2D eigenvalue weighted by atomic mass is 10.1. The number of esters is 2. The molecule has 0 aromatic rings. The maximum atomic E-state index is 12.0. The molecular formula is C34H52O5. The summed E-state index contributed by atoms with van der Waals surface area (Å²) in [7, 11) is 0. The lowest BCUT2D eigenvalue weighted by Gasteiger charge is -2.15. The van der Waals surface area contributed by atoms with Gasteiger partial charge in [-0.3, -0.25) is 9.59 Å². The van der Waals surface area contributed by atoms with Crippen LogP contribution in [0.1, 0.15) is 97.3 Å². The van der Waals surface area contributed by atoms with E-state index in [1.165, 1.54) is 0 Å². The van der Waals surface area contributed by atoms with Crippen LogP contribution in [0.4, 0.5) is 0 Å². The van der Waals surface area contributed by atoms with Crippen LogP contribution < -0.4 is 0 Å². The Labute approximate surface area is 237 Å². The highest BCUT2D eigenvalue weighted by atomic mass is 16.6. The van der Waals surface area contributed by atoms with Crippen molar-refractivity contribution in [2.45, 2.75) is 103 Å². The number of unbranched alkanes of at least 4 members (excludes halogenated alkanes) is 5. The van der Waals surface area contributed by atoms with Crippen LogP contribution in [0.5, 0.6) is 0 Å². The van der Waals surface area contributed by atoms with Gasteiger partial charge in [0, 0.05) is 12.8 Å². The zero-order valence-corrected chi connectivity index (χ0v) is 24.3. The molecule has 0 saturated carbocycles. The van der Waals surface area contributed by atoms with Gasteiger partial charge in [-0.25, -0.2) is 0 Å². The molecule has 5 heteroatoms. The summed E-state index contributed by atoms with van der Waals surface area (Å²) in [5.74, 6) is -0.699. The van der Waals surface area contributed by atoms with Gasteiger partial charge >= 0.3 is 11.9 Å². The number of ether oxygens (including phenoxy) is 2. The number of aliphatic hydroxyl groups excluding tert-OH is 1. The molecule has 0 aliphatic rings. The molecule has 1 N–H and O–H groups in total. The van der Waals surface area contributed by atoms with Gasteiger partial charge in [-0.2, -0.15) is 0 Å². The summed E-state index contributed by atoms with van der Waals surface area (Å²) in [4.78, 5) is 24.0. The Morgan fingerprint density at radius 2 is 1.15 bits per heavy atom. The van der Waals surface area contributed by atoms with Gasteiger partial charge in [0.25, 0.3) is 0 Å². The van der Waals surface area contributed by atoms with Crippen molar-refractivity contribution in [2.75, 3.05) is 13.2 Å². The zero-order chi connectivity index (χ0) is 28.7. The molecule has 0 aromatic carbocycles. The minimum atomic E-state index is -0.809. The Morgan fingerprint density at radius 1 is 0.615 bits per heavy atom. The van der Waals surface area contributed by atoms with E-state index in [-0.39, 0.29) is 25.2 Å². The van der Waals surface area contributed by atoms with E-state index in [4.69, 9.17) is 9.47 Å². The SMILES string of the molecule is CC/C=C/C=C/C=C/C=C/CCCCCC(=O)OCC(CO)OC(=O)CCCC/C=C/C/C=C/C/C=C/CC. The van der Waals surface area contributed by atoms with Gasteiger partial charge in [0.15, 0.2) is 6.10 Å². The Balaban J connectivity index is 3.80. The van der Waals surface area contributed by atoms with Crippen molar-refractivity contribution in [3.05, 3.63) is 85.1 Å². The molecule has 5 nitrogen and oxygen atoms in total. The van der Waals surface area contributed by atoms with Crippen molar-refractivity contribution in [1.82, 2.24) is 0 Å². The minimum absolute atomic E-state index is 0.108. The monoisotopic (exact) mass is 540 g/mol. The minimum Gasteiger partial charge on any atom is -0.462 e. The van der Waals surface area contributed by atoms with E-state index < -0.39 is 6.10 Å².